The van der Waals surface area contributed by atoms with Gasteiger partial charge in [-0.15, -0.1) is 0 Å². The molecule has 0 aliphatic heterocycles. The summed E-state index contributed by atoms with van der Waals surface area (Å²) in [6, 6.07) is 14.7. The first kappa shape index (κ1) is 14.9. The van der Waals surface area contributed by atoms with Crippen LogP contribution in [0.4, 0.5) is 5.69 Å². The molecule has 0 atom stereocenters. The first-order valence-corrected chi connectivity index (χ1v) is 8.59. The summed E-state index contributed by atoms with van der Waals surface area (Å²) in [4.78, 5) is 12.2. The number of nitrogens with one attached hydrogen (secondary N) is 1. The lowest BCUT2D eigenvalue weighted by molar-refractivity contribution is -0.119. The van der Waals surface area contributed by atoms with Crippen molar-refractivity contribution in [1.82, 2.24) is 9.78 Å². The number of amides is 1. The standard InChI is InChI=1S/C20H21N3O/c24-20(16-7-1-2-8-16)22-18-12-21-23(14-18)13-17-10-5-9-15-6-3-4-11-19(15)17/h3-6,9-12,14,16H,1-2,7-8,13H2,(H,22,24). The molecule has 2 aromatic carbocycles. The molecule has 0 saturated heterocycles. The van der Waals surface area contributed by atoms with Crippen LogP contribution in [0, 0.1) is 5.92 Å². The molecule has 122 valence electrons. The van der Waals surface area contributed by atoms with Gasteiger partial charge in [-0.3, -0.25) is 9.48 Å². The Morgan fingerprint density at radius 1 is 1.12 bits per heavy atom. The molecular weight excluding hydrogens is 298 g/mol. The van der Waals surface area contributed by atoms with E-state index in [-0.39, 0.29) is 11.8 Å². The van der Waals surface area contributed by atoms with E-state index in [2.05, 4.69) is 52.9 Å². The Bertz CT molecular complexity index is 857. The zero-order chi connectivity index (χ0) is 16.4. The summed E-state index contributed by atoms with van der Waals surface area (Å²) >= 11 is 0. The number of hydrogen-bond donors (Lipinski definition) is 1. The quantitative estimate of drug-likeness (QED) is 0.783. The summed E-state index contributed by atoms with van der Waals surface area (Å²) in [6.07, 6.45) is 8.00. The van der Waals surface area contributed by atoms with E-state index in [9.17, 15) is 4.79 Å². The lowest BCUT2D eigenvalue weighted by Crippen LogP contribution is -2.19. The van der Waals surface area contributed by atoms with Crippen molar-refractivity contribution in [3.05, 3.63) is 60.4 Å². The summed E-state index contributed by atoms with van der Waals surface area (Å²) in [6.45, 7) is 0.695. The highest BCUT2D eigenvalue weighted by molar-refractivity contribution is 5.92. The number of nitrogens with zero attached hydrogens (tertiary/aromatic N) is 2. The third-order valence-electron chi connectivity index (χ3n) is 4.84. The largest absolute Gasteiger partial charge is 0.323 e. The molecule has 3 aromatic rings. The van der Waals surface area contributed by atoms with Crippen LogP contribution in [0.15, 0.2) is 54.9 Å². The smallest absolute Gasteiger partial charge is 0.227 e. The average molecular weight is 319 g/mol. The van der Waals surface area contributed by atoms with E-state index in [1.807, 2.05) is 10.9 Å². The highest BCUT2D eigenvalue weighted by Gasteiger charge is 2.22. The highest BCUT2D eigenvalue weighted by Crippen LogP contribution is 2.26. The Morgan fingerprint density at radius 3 is 2.79 bits per heavy atom. The predicted octanol–water partition coefficient (Wildman–Crippen LogP) is 4.21. The maximum atomic E-state index is 12.2. The van der Waals surface area contributed by atoms with E-state index in [0.717, 1.165) is 18.5 Å². The van der Waals surface area contributed by atoms with E-state index in [1.165, 1.54) is 29.2 Å². The Hall–Kier alpha value is -2.62. The first-order valence-electron chi connectivity index (χ1n) is 8.59. The molecule has 1 saturated carbocycles. The summed E-state index contributed by atoms with van der Waals surface area (Å²) in [5, 5.41) is 9.88. The number of benzene rings is 2. The van der Waals surface area contributed by atoms with Gasteiger partial charge in [-0.05, 0) is 29.2 Å². The van der Waals surface area contributed by atoms with Gasteiger partial charge in [-0.25, -0.2) is 0 Å². The van der Waals surface area contributed by atoms with Crippen LogP contribution in [0.25, 0.3) is 10.8 Å². The van der Waals surface area contributed by atoms with Crippen molar-refractivity contribution in [3.63, 3.8) is 0 Å². The summed E-state index contributed by atoms with van der Waals surface area (Å²) in [5.41, 5.74) is 2.01. The fraction of sp³-hybridized carbons (Fsp3) is 0.300. The zero-order valence-electron chi connectivity index (χ0n) is 13.6. The molecule has 1 heterocycles. The van der Waals surface area contributed by atoms with Crippen molar-refractivity contribution in [2.75, 3.05) is 5.32 Å². The number of rotatable bonds is 4. The monoisotopic (exact) mass is 319 g/mol. The van der Waals surface area contributed by atoms with Gasteiger partial charge in [0.05, 0.1) is 18.4 Å². The maximum Gasteiger partial charge on any atom is 0.227 e. The van der Waals surface area contributed by atoms with Gasteiger partial charge in [0.25, 0.3) is 0 Å². The first-order chi connectivity index (χ1) is 11.8. The van der Waals surface area contributed by atoms with Crippen LogP contribution in [0.1, 0.15) is 31.2 Å². The third kappa shape index (κ3) is 3.04. The van der Waals surface area contributed by atoms with Crippen molar-refractivity contribution in [1.29, 1.82) is 0 Å². The van der Waals surface area contributed by atoms with E-state index in [4.69, 9.17) is 0 Å². The van der Waals surface area contributed by atoms with Crippen LogP contribution in [0.3, 0.4) is 0 Å². The number of fused-ring (bicyclic) bond motifs is 1. The number of hydrogen-bond acceptors (Lipinski definition) is 2. The molecule has 4 rings (SSSR count). The van der Waals surface area contributed by atoms with Crippen molar-refractivity contribution in [3.8, 4) is 0 Å². The van der Waals surface area contributed by atoms with E-state index < -0.39 is 0 Å². The van der Waals surface area contributed by atoms with Crippen LogP contribution in [0.2, 0.25) is 0 Å². The molecule has 4 heteroatoms. The molecule has 1 aromatic heterocycles. The van der Waals surface area contributed by atoms with Gasteiger partial charge >= 0.3 is 0 Å². The van der Waals surface area contributed by atoms with Crippen molar-refractivity contribution < 1.29 is 4.79 Å². The molecule has 1 amide bonds. The molecule has 0 spiro atoms. The van der Waals surface area contributed by atoms with Gasteiger partial charge in [0.15, 0.2) is 0 Å². The van der Waals surface area contributed by atoms with Crippen LogP contribution in [-0.2, 0) is 11.3 Å². The number of carbonyl (C=O) groups excluding carboxylic acids is 1. The molecule has 1 fully saturated rings. The number of carbonyl (C=O) groups is 1. The number of anilines is 1. The Kier molecular flexibility index (Phi) is 4.03. The van der Waals surface area contributed by atoms with Gasteiger partial charge < -0.3 is 5.32 Å². The molecule has 0 unspecified atom stereocenters. The lowest BCUT2D eigenvalue weighted by Gasteiger charge is -2.08. The van der Waals surface area contributed by atoms with E-state index >= 15 is 0 Å². The van der Waals surface area contributed by atoms with Crippen LogP contribution in [-0.4, -0.2) is 15.7 Å². The third-order valence-corrected chi connectivity index (χ3v) is 4.84. The fourth-order valence-electron chi connectivity index (χ4n) is 3.55. The fourth-order valence-corrected chi connectivity index (χ4v) is 3.55. The van der Waals surface area contributed by atoms with Gasteiger partial charge in [0.1, 0.15) is 0 Å². The van der Waals surface area contributed by atoms with Crippen molar-refractivity contribution >= 4 is 22.4 Å². The minimum atomic E-state index is 0.136. The maximum absolute atomic E-state index is 12.2. The second-order valence-corrected chi connectivity index (χ2v) is 6.54. The van der Waals surface area contributed by atoms with E-state index in [1.54, 1.807) is 6.20 Å². The van der Waals surface area contributed by atoms with Gasteiger partial charge in [0.2, 0.25) is 5.91 Å². The summed E-state index contributed by atoms with van der Waals surface area (Å²) < 4.78 is 1.88. The average Bonchev–Trinajstić information content (AvgIpc) is 3.27. The van der Waals surface area contributed by atoms with Crippen molar-refractivity contribution in [2.24, 2.45) is 5.92 Å². The molecule has 1 aliphatic rings. The van der Waals surface area contributed by atoms with Crippen molar-refractivity contribution in [2.45, 2.75) is 32.2 Å². The number of aromatic nitrogens is 2. The Balaban J connectivity index is 1.49. The Labute approximate surface area is 141 Å². The molecule has 24 heavy (non-hydrogen) atoms. The minimum Gasteiger partial charge on any atom is -0.323 e. The van der Waals surface area contributed by atoms with Gasteiger partial charge in [-0.2, -0.15) is 5.10 Å². The van der Waals surface area contributed by atoms with Gasteiger partial charge in [-0.1, -0.05) is 55.3 Å². The molecule has 0 bridgehead atoms. The molecule has 1 N–H and O–H groups in total. The molecule has 0 radical (unpaired) electrons. The summed E-state index contributed by atoms with van der Waals surface area (Å²) in [7, 11) is 0. The predicted molar refractivity (Wildman–Crippen MR) is 95.9 cm³/mol. The van der Waals surface area contributed by atoms with Crippen LogP contribution < -0.4 is 5.32 Å². The second kappa shape index (κ2) is 6.48. The Morgan fingerprint density at radius 2 is 1.92 bits per heavy atom. The SMILES string of the molecule is O=C(Nc1cnn(Cc2cccc3ccccc23)c1)C1CCCC1. The normalized spacial score (nSPS) is 15.0. The molecule has 4 nitrogen and oxygen atoms in total. The summed E-state index contributed by atoms with van der Waals surface area (Å²) in [5.74, 6) is 0.309. The zero-order valence-corrected chi connectivity index (χ0v) is 13.6. The molecule has 1 aliphatic carbocycles. The topological polar surface area (TPSA) is 46.9 Å². The minimum absolute atomic E-state index is 0.136. The van der Waals surface area contributed by atoms with Gasteiger partial charge in [0, 0.05) is 12.1 Å². The second-order valence-electron chi connectivity index (χ2n) is 6.54. The van der Waals surface area contributed by atoms with E-state index in [0.29, 0.717) is 6.54 Å². The highest BCUT2D eigenvalue weighted by atomic mass is 16.1. The van der Waals surface area contributed by atoms with Crippen LogP contribution >= 0.6 is 0 Å². The van der Waals surface area contributed by atoms with Crippen LogP contribution in [0.5, 0.6) is 0 Å². The molecular formula is C20H21N3O. The lowest BCUT2D eigenvalue weighted by atomic mass is 10.0.